The van der Waals surface area contributed by atoms with E-state index in [4.69, 9.17) is 29.0 Å². The predicted octanol–water partition coefficient (Wildman–Crippen LogP) is 1.80. The van der Waals surface area contributed by atoms with Gasteiger partial charge in [0.05, 0.1) is 21.6 Å². The Morgan fingerprint density at radius 1 is 1.37 bits per heavy atom. The molecule has 2 unspecified atom stereocenters. The van der Waals surface area contributed by atoms with Crippen molar-refractivity contribution in [3.8, 4) is 0 Å². The molecule has 3 N–H and O–H groups in total. The molecule has 4 nitrogen and oxygen atoms in total. The Morgan fingerprint density at radius 2 is 2.11 bits per heavy atom. The molecule has 0 spiro atoms. The Kier molecular flexibility index (Phi) is 4.74. The van der Waals surface area contributed by atoms with Crippen molar-refractivity contribution in [3.63, 3.8) is 0 Å². The zero-order chi connectivity index (χ0) is 14.0. The fraction of sp³-hybridized carbons (Fsp3) is 0.500. The molecule has 0 bridgehead atoms. The predicted molar refractivity (Wildman–Crippen MR) is 78.0 cm³/mol. The second-order valence-corrected chi connectivity index (χ2v) is 7.93. The molecule has 2 rings (SSSR count). The van der Waals surface area contributed by atoms with Crippen LogP contribution in [-0.2, 0) is 16.3 Å². The van der Waals surface area contributed by atoms with Crippen molar-refractivity contribution >= 4 is 33.0 Å². The van der Waals surface area contributed by atoms with Gasteiger partial charge in [0.15, 0.2) is 9.84 Å². The molecule has 0 radical (unpaired) electrons. The molecule has 1 aliphatic rings. The lowest BCUT2D eigenvalue weighted by molar-refractivity contribution is 0.385. The summed E-state index contributed by atoms with van der Waals surface area (Å²) in [7, 11) is -2.90. The van der Waals surface area contributed by atoms with Crippen molar-refractivity contribution < 1.29 is 8.42 Å². The van der Waals surface area contributed by atoms with Crippen LogP contribution in [0.2, 0.25) is 10.0 Å². The third-order valence-electron chi connectivity index (χ3n) is 3.49. The van der Waals surface area contributed by atoms with Crippen LogP contribution in [0, 0.1) is 5.92 Å². The molecule has 0 aliphatic carbocycles. The van der Waals surface area contributed by atoms with E-state index >= 15 is 0 Å². The molecule has 1 fully saturated rings. The van der Waals surface area contributed by atoms with Gasteiger partial charge in [-0.15, -0.1) is 0 Å². The Labute approximate surface area is 123 Å². The SMILES string of the molecule is NNC(Cc1ccc(Cl)c(Cl)c1)C1CCS(=O)(=O)C1. The molecular weight excluding hydrogens is 307 g/mol. The lowest BCUT2D eigenvalue weighted by atomic mass is 9.93. The first-order valence-electron chi connectivity index (χ1n) is 6.02. The highest BCUT2D eigenvalue weighted by Crippen LogP contribution is 2.26. The molecule has 19 heavy (non-hydrogen) atoms. The lowest BCUT2D eigenvalue weighted by Gasteiger charge is -2.21. The van der Waals surface area contributed by atoms with E-state index in [0.717, 1.165) is 5.56 Å². The van der Waals surface area contributed by atoms with Crippen LogP contribution in [0.3, 0.4) is 0 Å². The van der Waals surface area contributed by atoms with Crippen LogP contribution in [0.15, 0.2) is 18.2 Å². The first-order valence-corrected chi connectivity index (χ1v) is 8.59. The van der Waals surface area contributed by atoms with E-state index in [1.54, 1.807) is 12.1 Å². The monoisotopic (exact) mass is 322 g/mol. The van der Waals surface area contributed by atoms with Crippen LogP contribution < -0.4 is 11.3 Å². The normalized spacial score (nSPS) is 23.4. The summed E-state index contributed by atoms with van der Waals surface area (Å²) in [5, 5.41) is 1.00. The third kappa shape index (κ3) is 3.83. The average Bonchev–Trinajstić information content (AvgIpc) is 2.71. The van der Waals surface area contributed by atoms with Crippen LogP contribution in [0.25, 0.3) is 0 Å². The fourth-order valence-corrected chi connectivity index (χ4v) is 4.62. The first kappa shape index (κ1) is 15.1. The summed E-state index contributed by atoms with van der Waals surface area (Å²) in [5.74, 6) is 6.04. The maximum Gasteiger partial charge on any atom is 0.150 e. The topological polar surface area (TPSA) is 72.2 Å². The maximum atomic E-state index is 11.5. The van der Waals surface area contributed by atoms with E-state index in [0.29, 0.717) is 22.9 Å². The molecule has 7 heteroatoms. The van der Waals surface area contributed by atoms with Crippen molar-refractivity contribution in [2.75, 3.05) is 11.5 Å². The molecule has 2 atom stereocenters. The van der Waals surface area contributed by atoms with Crippen LogP contribution in [0.5, 0.6) is 0 Å². The minimum absolute atomic E-state index is 0.0458. The Balaban J connectivity index is 2.09. The van der Waals surface area contributed by atoms with Crippen molar-refractivity contribution in [2.45, 2.75) is 18.9 Å². The summed E-state index contributed by atoms with van der Waals surface area (Å²) in [6.45, 7) is 0. The summed E-state index contributed by atoms with van der Waals surface area (Å²) in [4.78, 5) is 0. The summed E-state index contributed by atoms with van der Waals surface area (Å²) in [6, 6.07) is 5.33. The summed E-state index contributed by atoms with van der Waals surface area (Å²) >= 11 is 11.8. The fourth-order valence-electron chi connectivity index (χ4n) is 2.42. The van der Waals surface area contributed by atoms with E-state index in [9.17, 15) is 8.42 Å². The minimum atomic E-state index is -2.90. The van der Waals surface area contributed by atoms with Crippen LogP contribution in [-0.4, -0.2) is 26.0 Å². The molecule has 1 aliphatic heterocycles. The van der Waals surface area contributed by atoms with Gasteiger partial charge >= 0.3 is 0 Å². The largest absolute Gasteiger partial charge is 0.271 e. The quantitative estimate of drug-likeness (QED) is 0.655. The molecule has 106 valence electrons. The highest BCUT2D eigenvalue weighted by molar-refractivity contribution is 7.91. The first-order chi connectivity index (χ1) is 8.91. The Morgan fingerprint density at radius 3 is 2.63 bits per heavy atom. The zero-order valence-electron chi connectivity index (χ0n) is 10.3. The van der Waals surface area contributed by atoms with Crippen LogP contribution in [0.4, 0.5) is 0 Å². The van der Waals surface area contributed by atoms with E-state index < -0.39 is 9.84 Å². The molecule has 1 heterocycles. The highest BCUT2D eigenvalue weighted by Gasteiger charge is 2.33. The number of hydrogen-bond acceptors (Lipinski definition) is 4. The number of halogens is 2. The summed E-state index contributed by atoms with van der Waals surface area (Å²) < 4.78 is 23.0. The Bertz CT molecular complexity index is 563. The maximum absolute atomic E-state index is 11.5. The highest BCUT2D eigenvalue weighted by atomic mass is 35.5. The van der Waals surface area contributed by atoms with Crippen LogP contribution in [0.1, 0.15) is 12.0 Å². The number of rotatable bonds is 4. The third-order valence-corrected chi connectivity index (χ3v) is 6.02. The van der Waals surface area contributed by atoms with Gasteiger partial charge in [0.2, 0.25) is 0 Å². The minimum Gasteiger partial charge on any atom is -0.271 e. The lowest BCUT2D eigenvalue weighted by Crippen LogP contribution is -2.43. The number of benzene rings is 1. The number of hydrazine groups is 1. The number of nitrogens with two attached hydrogens (primary N) is 1. The van der Waals surface area contributed by atoms with Crippen molar-refractivity contribution in [1.29, 1.82) is 0 Å². The van der Waals surface area contributed by atoms with Gasteiger partial charge in [0.1, 0.15) is 0 Å². The molecule has 1 saturated heterocycles. The molecule has 0 aromatic heterocycles. The van der Waals surface area contributed by atoms with Gasteiger partial charge < -0.3 is 0 Å². The summed E-state index contributed by atoms with van der Waals surface area (Å²) in [6.07, 6.45) is 1.28. The van der Waals surface area contributed by atoms with Gasteiger partial charge in [-0.2, -0.15) is 0 Å². The van der Waals surface area contributed by atoms with Crippen LogP contribution >= 0.6 is 23.2 Å². The van der Waals surface area contributed by atoms with Gasteiger partial charge in [-0.3, -0.25) is 11.3 Å². The van der Waals surface area contributed by atoms with Gasteiger partial charge in [0, 0.05) is 6.04 Å². The standard InChI is InChI=1S/C12H16Cl2N2O2S/c13-10-2-1-8(5-11(10)14)6-12(16-15)9-3-4-19(17,18)7-9/h1-2,5,9,12,16H,3-4,6-7,15H2. The zero-order valence-corrected chi connectivity index (χ0v) is 12.6. The van der Waals surface area contributed by atoms with E-state index in [-0.39, 0.29) is 23.5 Å². The van der Waals surface area contributed by atoms with E-state index in [1.165, 1.54) is 0 Å². The number of nitrogens with one attached hydrogen (secondary N) is 1. The van der Waals surface area contributed by atoms with Gasteiger partial charge in [-0.05, 0) is 36.5 Å². The number of hydrogen-bond donors (Lipinski definition) is 2. The molecule has 0 saturated carbocycles. The second-order valence-electron chi connectivity index (χ2n) is 4.89. The number of sulfone groups is 1. The summed E-state index contributed by atoms with van der Waals surface area (Å²) in [5.41, 5.74) is 3.71. The van der Waals surface area contributed by atoms with Gasteiger partial charge in [-0.1, -0.05) is 29.3 Å². The van der Waals surface area contributed by atoms with Gasteiger partial charge in [-0.25, -0.2) is 8.42 Å². The van der Waals surface area contributed by atoms with Crippen molar-refractivity contribution in [2.24, 2.45) is 11.8 Å². The molecule has 0 amide bonds. The van der Waals surface area contributed by atoms with E-state index in [1.807, 2.05) is 6.07 Å². The van der Waals surface area contributed by atoms with Crippen molar-refractivity contribution in [3.05, 3.63) is 33.8 Å². The average molecular weight is 323 g/mol. The van der Waals surface area contributed by atoms with Gasteiger partial charge in [0.25, 0.3) is 0 Å². The second kappa shape index (κ2) is 5.97. The molecular formula is C12H16Cl2N2O2S. The Hall–Kier alpha value is -0.330. The van der Waals surface area contributed by atoms with E-state index in [2.05, 4.69) is 5.43 Å². The van der Waals surface area contributed by atoms with Crippen molar-refractivity contribution in [1.82, 2.24) is 5.43 Å². The molecule has 1 aromatic rings. The smallest absolute Gasteiger partial charge is 0.150 e. The molecule has 1 aromatic carbocycles.